The fourth-order valence-corrected chi connectivity index (χ4v) is 2.44. The molecule has 1 aliphatic heterocycles. The number of carbonyl (C=O) groups excluding carboxylic acids is 1. The molecule has 0 spiro atoms. The minimum absolute atomic E-state index is 0.218. The van der Waals surface area contributed by atoms with Crippen molar-refractivity contribution in [3.63, 3.8) is 0 Å². The largest absolute Gasteiger partial charge is 0.465 e. The van der Waals surface area contributed by atoms with Crippen LogP contribution >= 0.6 is 11.8 Å². The van der Waals surface area contributed by atoms with Gasteiger partial charge in [0, 0.05) is 20.6 Å². The van der Waals surface area contributed by atoms with Crippen molar-refractivity contribution in [2.75, 3.05) is 20.8 Å². The third kappa shape index (κ3) is 2.98. The number of thioether (sulfide) groups is 1. The molecule has 0 radical (unpaired) electrons. The van der Waals surface area contributed by atoms with Crippen molar-refractivity contribution < 1.29 is 19.0 Å². The number of rotatable bonds is 6. The van der Waals surface area contributed by atoms with Crippen LogP contribution in [0.25, 0.3) is 0 Å². The predicted octanol–water partition coefficient (Wildman–Crippen LogP) is -0.300. The van der Waals surface area contributed by atoms with Gasteiger partial charge in [-0.25, -0.2) is 4.68 Å². The Labute approximate surface area is 108 Å². The number of aromatic nitrogens is 4. The Morgan fingerprint density at radius 1 is 1.56 bits per heavy atom. The van der Waals surface area contributed by atoms with E-state index in [-0.39, 0.29) is 11.2 Å². The number of ether oxygens (including phenoxy) is 3. The van der Waals surface area contributed by atoms with Crippen molar-refractivity contribution in [1.29, 1.82) is 0 Å². The van der Waals surface area contributed by atoms with Gasteiger partial charge < -0.3 is 14.2 Å². The SMILES string of the molecule is COC(Cn1nnnc1SC1CCOC1=O)OC. The maximum Gasteiger partial charge on any atom is 0.319 e. The van der Waals surface area contributed by atoms with E-state index in [9.17, 15) is 4.79 Å². The number of nitrogens with zero attached hydrogens (tertiary/aromatic N) is 4. The van der Waals surface area contributed by atoms with Gasteiger partial charge in [-0.15, -0.1) is 5.10 Å². The molecular weight excluding hydrogens is 260 g/mol. The minimum Gasteiger partial charge on any atom is -0.465 e. The molecule has 1 aromatic rings. The summed E-state index contributed by atoms with van der Waals surface area (Å²) in [5.41, 5.74) is 0. The van der Waals surface area contributed by atoms with E-state index in [1.807, 2.05) is 0 Å². The third-order valence-corrected chi connectivity index (χ3v) is 3.70. The van der Waals surface area contributed by atoms with Crippen LogP contribution < -0.4 is 0 Å². The highest BCUT2D eigenvalue weighted by Gasteiger charge is 2.29. The molecule has 1 atom stereocenters. The summed E-state index contributed by atoms with van der Waals surface area (Å²) in [5.74, 6) is -0.218. The van der Waals surface area contributed by atoms with Crippen molar-refractivity contribution in [2.45, 2.75) is 29.7 Å². The molecule has 2 rings (SSSR count). The molecule has 1 saturated heterocycles. The van der Waals surface area contributed by atoms with Crippen LogP contribution in [0.5, 0.6) is 0 Å². The monoisotopic (exact) mass is 274 g/mol. The van der Waals surface area contributed by atoms with Crippen LogP contribution in [0.1, 0.15) is 6.42 Å². The Balaban J connectivity index is 2.00. The highest BCUT2D eigenvalue weighted by Crippen LogP contribution is 2.27. The van der Waals surface area contributed by atoms with Crippen molar-refractivity contribution in [1.82, 2.24) is 20.2 Å². The Kier molecular flexibility index (Phi) is 4.50. The lowest BCUT2D eigenvalue weighted by Gasteiger charge is -2.13. The Morgan fingerprint density at radius 2 is 2.33 bits per heavy atom. The number of hydrogen-bond donors (Lipinski definition) is 0. The second-order valence-corrected chi connectivity index (χ2v) is 4.78. The standard InChI is InChI=1S/C9H14N4O4S/c1-15-7(16-2)5-13-9(10-11-12-13)18-6-3-4-17-8(6)14/h6-7H,3-5H2,1-2H3. The molecule has 18 heavy (non-hydrogen) atoms. The number of carbonyl (C=O) groups is 1. The summed E-state index contributed by atoms with van der Waals surface area (Å²) < 4.78 is 16.6. The van der Waals surface area contributed by atoms with Gasteiger partial charge in [0.25, 0.3) is 0 Å². The van der Waals surface area contributed by atoms with Crippen LogP contribution in [0, 0.1) is 0 Å². The van der Waals surface area contributed by atoms with E-state index >= 15 is 0 Å². The van der Waals surface area contributed by atoms with E-state index in [0.717, 1.165) is 0 Å². The van der Waals surface area contributed by atoms with Crippen LogP contribution in [-0.2, 0) is 25.5 Å². The molecule has 0 aliphatic carbocycles. The first-order chi connectivity index (χ1) is 8.74. The van der Waals surface area contributed by atoms with Gasteiger partial charge in [0.05, 0.1) is 13.2 Å². The van der Waals surface area contributed by atoms with Gasteiger partial charge in [0.1, 0.15) is 5.25 Å². The molecule has 0 bridgehead atoms. The van der Waals surface area contributed by atoms with Crippen LogP contribution in [0.4, 0.5) is 0 Å². The highest BCUT2D eigenvalue weighted by molar-refractivity contribution is 8.00. The van der Waals surface area contributed by atoms with Crippen LogP contribution in [0.3, 0.4) is 0 Å². The summed E-state index contributed by atoms with van der Waals surface area (Å²) >= 11 is 1.30. The Bertz CT molecular complexity index is 409. The van der Waals surface area contributed by atoms with Crippen LogP contribution in [0.15, 0.2) is 5.16 Å². The molecule has 1 aromatic heterocycles. The zero-order chi connectivity index (χ0) is 13.0. The van der Waals surface area contributed by atoms with Gasteiger partial charge in [0.2, 0.25) is 5.16 Å². The fourth-order valence-electron chi connectivity index (χ4n) is 1.49. The predicted molar refractivity (Wildman–Crippen MR) is 60.8 cm³/mol. The normalized spacial score (nSPS) is 19.5. The van der Waals surface area contributed by atoms with Crippen molar-refractivity contribution in [2.24, 2.45) is 0 Å². The maximum atomic E-state index is 11.4. The average molecular weight is 274 g/mol. The fraction of sp³-hybridized carbons (Fsp3) is 0.778. The minimum atomic E-state index is -0.427. The molecule has 1 fully saturated rings. The van der Waals surface area contributed by atoms with Crippen LogP contribution in [0.2, 0.25) is 0 Å². The molecule has 1 unspecified atom stereocenters. The molecule has 9 heteroatoms. The summed E-state index contributed by atoms with van der Waals surface area (Å²) in [6.07, 6.45) is 0.248. The molecule has 1 aliphatic rings. The first kappa shape index (κ1) is 13.2. The van der Waals surface area contributed by atoms with E-state index in [4.69, 9.17) is 14.2 Å². The number of esters is 1. The first-order valence-corrected chi connectivity index (χ1v) is 6.27. The molecule has 100 valence electrons. The van der Waals surface area contributed by atoms with E-state index < -0.39 is 6.29 Å². The highest BCUT2D eigenvalue weighted by atomic mass is 32.2. The van der Waals surface area contributed by atoms with E-state index in [1.54, 1.807) is 18.9 Å². The van der Waals surface area contributed by atoms with E-state index in [1.165, 1.54) is 11.8 Å². The maximum absolute atomic E-state index is 11.4. The number of cyclic esters (lactones) is 1. The number of hydrogen-bond acceptors (Lipinski definition) is 8. The molecule has 0 N–H and O–H groups in total. The Morgan fingerprint density at radius 3 is 2.94 bits per heavy atom. The van der Waals surface area contributed by atoms with E-state index in [0.29, 0.717) is 24.7 Å². The second-order valence-electron chi connectivity index (χ2n) is 3.61. The van der Waals surface area contributed by atoms with Crippen molar-refractivity contribution >= 4 is 17.7 Å². The lowest BCUT2D eigenvalue weighted by atomic mass is 10.4. The summed E-state index contributed by atoms with van der Waals surface area (Å²) in [6, 6.07) is 0. The lowest BCUT2D eigenvalue weighted by molar-refractivity contribution is -0.137. The average Bonchev–Trinajstić information content (AvgIpc) is 2.97. The number of tetrazole rings is 1. The zero-order valence-corrected chi connectivity index (χ0v) is 10.9. The summed E-state index contributed by atoms with van der Waals surface area (Å²) in [5, 5.41) is 11.6. The second kappa shape index (κ2) is 6.12. The zero-order valence-electron chi connectivity index (χ0n) is 10.1. The first-order valence-electron chi connectivity index (χ1n) is 5.39. The molecule has 2 heterocycles. The van der Waals surface area contributed by atoms with Gasteiger partial charge in [-0.3, -0.25) is 4.79 Å². The quantitative estimate of drug-likeness (QED) is 0.516. The lowest BCUT2D eigenvalue weighted by Crippen LogP contribution is -2.22. The van der Waals surface area contributed by atoms with Gasteiger partial charge in [-0.1, -0.05) is 11.8 Å². The molecule has 8 nitrogen and oxygen atoms in total. The topological polar surface area (TPSA) is 88.4 Å². The summed E-state index contributed by atoms with van der Waals surface area (Å²) in [6.45, 7) is 0.820. The molecule has 0 saturated carbocycles. The smallest absolute Gasteiger partial charge is 0.319 e. The van der Waals surface area contributed by atoms with Gasteiger partial charge in [0.15, 0.2) is 6.29 Å². The summed E-state index contributed by atoms with van der Waals surface area (Å²) in [4.78, 5) is 11.4. The van der Waals surface area contributed by atoms with Crippen molar-refractivity contribution in [3.05, 3.63) is 0 Å². The van der Waals surface area contributed by atoms with Crippen molar-refractivity contribution in [3.8, 4) is 0 Å². The van der Waals surface area contributed by atoms with Gasteiger partial charge in [-0.05, 0) is 10.4 Å². The van der Waals surface area contributed by atoms with Crippen LogP contribution in [-0.4, -0.2) is 58.5 Å². The molecule has 0 aromatic carbocycles. The third-order valence-electron chi connectivity index (χ3n) is 2.48. The molecule has 0 amide bonds. The van der Waals surface area contributed by atoms with Gasteiger partial charge in [-0.2, -0.15) is 0 Å². The Hall–Kier alpha value is -1.19. The van der Waals surface area contributed by atoms with E-state index in [2.05, 4.69) is 15.5 Å². The number of methoxy groups -OCH3 is 2. The van der Waals surface area contributed by atoms with Gasteiger partial charge >= 0.3 is 5.97 Å². The summed E-state index contributed by atoms with van der Waals surface area (Å²) in [7, 11) is 3.08. The molecular formula is C9H14N4O4S.